The highest BCUT2D eigenvalue weighted by Gasteiger charge is 2.20. The number of nitro benzene ring substituents is 1. The molecule has 120 valence electrons. The highest BCUT2D eigenvalue weighted by atomic mass is 16.6. The number of nitrogens with zero attached hydrogens (tertiary/aromatic N) is 1. The second kappa shape index (κ2) is 6.91. The van der Waals surface area contributed by atoms with Crippen LogP contribution in [0.3, 0.4) is 0 Å². The molecule has 0 radical (unpaired) electrons. The molecule has 0 bridgehead atoms. The van der Waals surface area contributed by atoms with Crippen molar-refractivity contribution in [1.29, 1.82) is 0 Å². The van der Waals surface area contributed by atoms with Gasteiger partial charge in [-0.25, -0.2) is 0 Å². The molecule has 0 saturated heterocycles. The van der Waals surface area contributed by atoms with Crippen molar-refractivity contribution in [3.63, 3.8) is 0 Å². The van der Waals surface area contributed by atoms with Gasteiger partial charge in [0, 0.05) is 11.6 Å². The van der Waals surface area contributed by atoms with E-state index in [0.29, 0.717) is 23.5 Å². The number of nitrogens with one attached hydrogen (secondary N) is 1. The largest absolute Gasteiger partial charge is 0.494 e. The van der Waals surface area contributed by atoms with Gasteiger partial charge in [0.05, 0.1) is 11.5 Å². The van der Waals surface area contributed by atoms with E-state index in [2.05, 4.69) is 5.32 Å². The Hall–Kier alpha value is -2.89. The van der Waals surface area contributed by atoms with Crippen LogP contribution in [0.15, 0.2) is 36.4 Å². The standard InChI is InChI=1S/C17H18N2O4/c1-4-23-14-8-6-13(7-9-14)17(20)18-16-12(3)11(2)5-10-15(16)19(21)22/h5-10H,4H2,1-3H3,(H,18,20). The molecule has 0 aliphatic rings. The summed E-state index contributed by atoms with van der Waals surface area (Å²) in [6.07, 6.45) is 0. The first kappa shape index (κ1) is 16.5. The molecule has 0 fully saturated rings. The number of rotatable bonds is 5. The van der Waals surface area contributed by atoms with Gasteiger partial charge < -0.3 is 10.1 Å². The molecule has 1 N–H and O–H groups in total. The number of carbonyl (C=O) groups excluding carboxylic acids is 1. The minimum atomic E-state index is -0.500. The number of hydrogen-bond acceptors (Lipinski definition) is 4. The van der Waals surface area contributed by atoms with Gasteiger partial charge in [0.1, 0.15) is 11.4 Å². The third kappa shape index (κ3) is 3.66. The van der Waals surface area contributed by atoms with E-state index in [1.807, 2.05) is 13.8 Å². The molecule has 0 aliphatic carbocycles. The third-order valence-electron chi connectivity index (χ3n) is 3.58. The average Bonchev–Trinajstić information content (AvgIpc) is 2.52. The van der Waals surface area contributed by atoms with Gasteiger partial charge in [0.15, 0.2) is 0 Å². The Morgan fingerprint density at radius 2 is 1.83 bits per heavy atom. The quantitative estimate of drug-likeness (QED) is 0.671. The molecule has 0 saturated carbocycles. The normalized spacial score (nSPS) is 10.2. The number of anilines is 1. The van der Waals surface area contributed by atoms with Gasteiger partial charge >= 0.3 is 0 Å². The average molecular weight is 314 g/mol. The van der Waals surface area contributed by atoms with Gasteiger partial charge in [0.2, 0.25) is 0 Å². The van der Waals surface area contributed by atoms with Crippen molar-refractivity contribution in [2.24, 2.45) is 0 Å². The molecule has 0 aliphatic heterocycles. The zero-order valence-electron chi connectivity index (χ0n) is 13.3. The smallest absolute Gasteiger partial charge is 0.293 e. The van der Waals surface area contributed by atoms with Crippen molar-refractivity contribution in [2.45, 2.75) is 20.8 Å². The SMILES string of the molecule is CCOc1ccc(C(=O)Nc2c([N+](=O)[O-])ccc(C)c2C)cc1. The molecular weight excluding hydrogens is 296 g/mol. The first-order valence-corrected chi connectivity index (χ1v) is 7.22. The lowest BCUT2D eigenvalue weighted by molar-refractivity contribution is -0.384. The Labute approximate surface area is 134 Å². The Morgan fingerprint density at radius 1 is 1.17 bits per heavy atom. The summed E-state index contributed by atoms with van der Waals surface area (Å²) in [5.41, 5.74) is 2.07. The number of aryl methyl sites for hydroxylation is 1. The predicted octanol–water partition coefficient (Wildman–Crippen LogP) is 3.86. The van der Waals surface area contributed by atoms with Crippen molar-refractivity contribution in [3.8, 4) is 5.75 Å². The summed E-state index contributed by atoms with van der Waals surface area (Å²) in [6, 6.07) is 9.69. The van der Waals surface area contributed by atoms with Gasteiger partial charge in [-0.05, 0) is 56.2 Å². The van der Waals surface area contributed by atoms with Crippen LogP contribution in [0.25, 0.3) is 0 Å². The second-order valence-corrected chi connectivity index (χ2v) is 5.07. The third-order valence-corrected chi connectivity index (χ3v) is 3.58. The van der Waals surface area contributed by atoms with E-state index in [1.54, 1.807) is 37.3 Å². The number of ether oxygens (including phenoxy) is 1. The van der Waals surface area contributed by atoms with Crippen LogP contribution in [0.1, 0.15) is 28.4 Å². The molecular formula is C17H18N2O4. The zero-order chi connectivity index (χ0) is 17.0. The van der Waals surface area contributed by atoms with Crippen LogP contribution in [0.5, 0.6) is 5.75 Å². The molecule has 0 spiro atoms. The van der Waals surface area contributed by atoms with Crippen LogP contribution in [-0.2, 0) is 0 Å². The Balaban J connectivity index is 2.29. The minimum Gasteiger partial charge on any atom is -0.494 e. The predicted molar refractivity (Wildman–Crippen MR) is 88.1 cm³/mol. The highest BCUT2D eigenvalue weighted by Crippen LogP contribution is 2.30. The van der Waals surface area contributed by atoms with Crippen LogP contribution >= 0.6 is 0 Å². The second-order valence-electron chi connectivity index (χ2n) is 5.07. The number of amides is 1. The summed E-state index contributed by atoms with van der Waals surface area (Å²) < 4.78 is 5.32. The summed E-state index contributed by atoms with van der Waals surface area (Å²) in [4.78, 5) is 23.0. The Kier molecular flexibility index (Phi) is 4.95. The molecule has 1 amide bonds. The molecule has 2 aromatic rings. The minimum absolute atomic E-state index is 0.118. The molecule has 0 unspecified atom stereocenters. The van der Waals surface area contributed by atoms with E-state index in [4.69, 9.17) is 4.74 Å². The summed E-state index contributed by atoms with van der Waals surface area (Å²) in [5.74, 6) is 0.270. The summed E-state index contributed by atoms with van der Waals surface area (Å²) in [7, 11) is 0. The van der Waals surface area contributed by atoms with Gasteiger partial charge in [0.25, 0.3) is 11.6 Å². The monoisotopic (exact) mass is 314 g/mol. The van der Waals surface area contributed by atoms with Crippen molar-refractivity contribution < 1.29 is 14.5 Å². The fraction of sp³-hybridized carbons (Fsp3) is 0.235. The molecule has 23 heavy (non-hydrogen) atoms. The summed E-state index contributed by atoms with van der Waals surface area (Å²) in [6.45, 7) is 6.00. The number of nitro groups is 1. The molecule has 6 nitrogen and oxygen atoms in total. The van der Waals surface area contributed by atoms with E-state index < -0.39 is 10.8 Å². The fourth-order valence-electron chi connectivity index (χ4n) is 2.17. The van der Waals surface area contributed by atoms with Gasteiger partial charge in [-0.1, -0.05) is 6.07 Å². The van der Waals surface area contributed by atoms with Crippen molar-refractivity contribution in [3.05, 3.63) is 63.2 Å². The first-order valence-electron chi connectivity index (χ1n) is 7.22. The van der Waals surface area contributed by atoms with Crippen molar-refractivity contribution in [2.75, 3.05) is 11.9 Å². The lowest BCUT2D eigenvalue weighted by Gasteiger charge is -2.11. The van der Waals surface area contributed by atoms with Crippen LogP contribution in [0.2, 0.25) is 0 Å². The molecule has 2 rings (SSSR count). The summed E-state index contributed by atoms with van der Waals surface area (Å²) >= 11 is 0. The van der Waals surface area contributed by atoms with Gasteiger partial charge in [-0.15, -0.1) is 0 Å². The van der Waals surface area contributed by atoms with Gasteiger partial charge in [-0.3, -0.25) is 14.9 Å². The van der Waals surface area contributed by atoms with E-state index in [-0.39, 0.29) is 11.4 Å². The lowest BCUT2D eigenvalue weighted by atomic mass is 10.1. The van der Waals surface area contributed by atoms with E-state index in [0.717, 1.165) is 5.56 Å². The topological polar surface area (TPSA) is 81.5 Å². The van der Waals surface area contributed by atoms with Crippen molar-refractivity contribution in [1.82, 2.24) is 0 Å². The van der Waals surface area contributed by atoms with Crippen LogP contribution in [0.4, 0.5) is 11.4 Å². The van der Waals surface area contributed by atoms with Crippen molar-refractivity contribution >= 4 is 17.3 Å². The Bertz CT molecular complexity index is 739. The molecule has 6 heteroatoms. The number of benzene rings is 2. The molecule has 0 heterocycles. The summed E-state index contributed by atoms with van der Waals surface area (Å²) in [5, 5.41) is 13.8. The van der Waals surface area contributed by atoms with E-state index >= 15 is 0 Å². The molecule has 0 atom stereocenters. The van der Waals surface area contributed by atoms with Gasteiger partial charge in [-0.2, -0.15) is 0 Å². The maximum absolute atomic E-state index is 12.3. The fourth-order valence-corrected chi connectivity index (χ4v) is 2.17. The zero-order valence-corrected chi connectivity index (χ0v) is 13.3. The first-order chi connectivity index (χ1) is 10.9. The van der Waals surface area contributed by atoms with E-state index in [9.17, 15) is 14.9 Å². The molecule has 0 aromatic heterocycles. The highest BCUT2D eigenvalue weighted by molar-refractivity contribution is 6.06. The van der Waals surface area contributed by atoms with Crippen LogP contribution in [0, 0.1) is 24.0 Å². The number of hydrogen-bond donors (Lipinski definition) is 1. The Morgan fingerprint density at radius 3 is 2.39 bits per heavy atom. The maximum atomic E-state index is 12.3. The lowest BCUT2D eigenvalue weighted by Crippen LogP contribution is -2.14. The molecule has 2 aromatic carbocycles. The van der Waals surface area contributed by atoms with Crippen LogP contribution in [-0.4, -0.2) is 17.4 Å². The maximum Gasteiger partial charge on any atom is 0.293 e. The van der Waals surface area contributed by atoms with E-state index in [1.165, 1.54) is 6.07 Å². The van der Waals surface area contributed by atoms with Crippen LogP contribution < -0.4 is 10.1 Å². The number of carbonyl (C=O) groups is 1.